The Morgan fingerprint density at radius 3 is 2.87 bits per heavy atom. The number of thiophene rings is 1. The number of halogens is 1. The first kappa shape index (κ1) is 22.6. The topological polar surface area (TPSA) is 81.4 Å². The first-order valence-electron chi connectivity index (χ1n) is 10.5. The molecule has 3 N–H and O–H groups in total. The minimum Gasteiger partial charge on any atom is -0.493 e. The number of amides is 2. The average Bonchev–Trinajstić information content (AvgIpc) is 3.04. The zero-order chi connectivity index (χ0) is 21.7. The van der Waals surface area contributed by atoms with Gasteiger partial charge in [0.25, 0.3) is 5.91 Å². The van der Waals surface area contributed by atoms with Crippen molar-refractivity contribution in [2.45, 2.75) is 58.8 Å². The third kappa shape index (κ3) is 5.55. The number of hydrogen-bond donors (Lipinski definition) is 2. The van der Waals surface area contributed by atoms with Crippen LogP contribution in [0.25, 0.3) is 0 Å². The predicted octanol–water partition coefficient (Wildman–Crippen LogP) is 5.51. The molecule has 0 fully saturated rings. The Hall–Kier alpha value is -2.05. The summed E-state index contributed by atoms with van der Waals surface area (Å²) in [4.78, 5) is 25.7. The monoisotopic (exact) mass is 448 g/mol. The molecule has 0 aliphatic heterocycles. The Labute approximate surface area is 186 Å². The normalized spacial score (nSPS) is 15.5. The maximum Gasteiger partial charge on any atom is 0.251 e. The van der Waals surface area contributed by atoms with E-state index in [4.69, 9.17) is 22.1 Å². The summed E-state index contributed by atoms with van der Waals surface area (Å²) in [6.45, 7) is 4.56. The number of hydrogen-bond acceptors (Lipinski definition) is 4. The van der Waals surface area contributed by atoms with Crippen LogP contribution in [0.2, 0.25) is 5.02 Å². The lowest BCUT2D eigenvalue weighted by Gasteiger charge is -2.21. The fourth-order valence-corrected chi connectivity index (χ4v) is 5.65. The van der Waals surface area contributed by atoms with Crippen molar-refractivity contribution in [3.63, 3.8) is 0 Å². The highest BCUT2D eigenvalue weighted by Crippen LogP contribution is 2.40. The second-order valence-corrected chi connectivity index (χ2v) is 9.42. The summed E-state index contributed by atoms with van der Waals surface area (Å²) in [6, 6.07) is 5.46. The molecule has 1 atom stereocenters. The summed E-state index contributed by atoms with van der Waals surface area (Å²) >= 11 is 7.46. The Morgan fingerprint density at radius 2 is 2.17 bits per heavy atom. The zero-order valence-electron chi connectivity index (χ0n) is 17.6. The van der Waals surface area contributed by atoms with E-state index < -0.39 is 5.91 Å². The molecule has 1 heterocycles. The molecule has 0 radical (unpaired) electrons. The molecular formula is C23H29ClN2O3S. The van der Waals surface area contributed by atoms with Crippen LogP contribution < -0.4 is 15.8 Å². The van der Waals surface area contributed by atoms with E-state index in [1.165, 1.54) is 22.6 Å². The van der Waals surface area contributed by atoms with Gasteiger partial charge in [-0.2, -0.15) is 0 Å². The number of benzene rings is 1. The van der Waals surface area contributed by atoms with E-state index in [1.807, 2.05) is 19.1 Å². The van der Waals surface area contributed by atoms with Gasteiger partial charge in [-0.05, 0) is 67.9 Å². The van der Waals surface area contributed by atoms with E-state index in [-0.39, 0.29) is 5.91 Å². The van der Waals surface area contributed by atoms with E-state index in [0.717, 1.165) is 42.6 Å². The smallest absolute Gasteiger partial charge is 0.251 e. The number of ether oxygens (including phenoxy) is 1. The number of aryl methyl sites for hydroxylation is 1. The van der Waals surface area contributed by atoms with Crippen molar-refractivity contribution < 1.29 is 14.3 Å². The number of carbonyl (C=O) groups is 2. The Morgan fingerprint density at radius 1 is 1.37 bits per heavy atom. The molecule has 0 bridgehead atoms. The summed E-state index contributed by atoms with van der Waals surface area (Å²) in [5.41, 5.74) is 8.16. The number of rotatable bonds is 9. The highest BCUT2D eigenvalue weighted by molar-refractivity contribution is 7.17. The highest BCUT2D eigenvalue weighted by Gasteiger charge is 2.28. The largest absolute Gasteiger partial charge is 0.493 e. The molecular weight excluding hydrogens is 420 g/mol. The lowest BCUT2D eigenvalue weighted by Crippen LogP contribution is -2.20. The molecule has 1 aliphatic carbocycles. The van der Waals surface area contributed by atoms with Gasteiger partial charge in [0.05, 0.1) is 12.2 Å². The van der Waals surface area contributed by atoms with Gasteiger partial charge in [-0.3, -0.25) is 9.59 Å². The van der Waals surface area contributed by atoms with Crippen molar-refractivity contribution in [1.29, 1.82) is 0 Å². The summed E-state index contributed by atoms with van der Waals surface area (Å²) < 4.78 is 5.75. The van der Waals surface area contributed by atoms with Crippen LogP contribution >= 0.6 is 22.9 Å². The van der Waals surface area contributed by atoms with Gasteiger partial charge in [0.2, 0.25) is 5.91 Å². The van der Waals surface area contributed by atoms with Crippen LogP contribution in [-0.4, -0.2) is 18.4 Å². The zero-order valence-corrected chi connectivity index (χ0v) is 19.1. The molecule has 162 valence electrons. The van der Waals surface area contributed by atoms with Crippen molar-refractivity contribution in [3.8, 4) is 5.75 Å². The number of anilines is 1. The first-order valence-corrected chi connectivity index (χ1v) is 11.7. The van der Waals surface area contributed by atoms with E-state index in [0.29, 0.717) is 41.0 Å². The van der Waals surface area contributed by atoms with E-state index in [2.05, 4.69) is 12.2 Å². The molecule has 1 unspecified atom stereocenters. The second kappa shape index (κ2) is 10.3. The molecule has 1 aromatic carbocycles. The average molecular weight is 449 g/mol. The summed E-state index contributed by atoms with van der Waals surface area (Å²) in [7, 11) is 0. The van der Waals surface area contributed by atoms with E-state index in [1.54, 1.807) is 6.07 Å². The van der Waals surface area contributed by atoms with Crippen molar-refractivity contribution in [1.82, 2.24) is 0 Å². The molecule has 5 nitrogen and oxygen atoms in total. The van der Waals surface area contributed by atoms with Crippen LogP contribution in [0, 0.1) is 12.8 Å². The van der Waals surface area contributed by atoms with Gasteiger partial charge < -0.3 is 15.8 Å². The fraction of sp³-hybridized carbons (Fsp3) is 0.478. The molecule has 0 spiro atoms. The molecule has 2 amide bonds. The van der Waals surface area contributed by atoms with Crippen LogP contribution in [0.1, 0.15) is 65.4 Å². The maximum absolute atomic E-state index is 12.5. The Bertz CT molecular complexity index is 925. The molecule has 7 heteroatoms. The second-order valence-electron chi connectivity index (χ2n) is 7.88. The van der Waals surface area contributed by atoms with Gasteiger partial charge in [-0.15, -0.1) is 11.3 Å². The van der Waals surface area contributed by atoms with Crippen LogP contribution in [0.4, 0.5) is 5.00 Å². The fourth-order valence-electron chi connectivity index (χ4n) is 4.04. The summed E-state index contributed by atoms with van der Waals surface area (Å²) in [5, 5.41) is 4.19. The van der Waals surface area contributed by atoms with E-state index in [9.17, 15) is 9.59 Å². The lowest BCUT2D eigenvalue weighted by molar-refractivity contribution is -0.116. The minimum absolute atomic E-state index is 0.127. The Kier molecular flexibility index (Phi) is 7.78. The summed E-state index contributed by atoms with van der Waals surface area (Å²) in [5.74, 6) is 0.832. The third-order valence-corrected chi connectivity index (χ3v) is 6.91. The standard InChI is InChI=1S/C23H29ClN2O3S/c1-3-5-15-7-9-17-19(13-15)30-23(21(17)22(25)28)26-20(27)6-4-11-29-18-10-8-16(24)12-14(18)2/h8,10,12,15H,3-7,9,11,13H2,1-2H3,(H2,25,28)(H,26,27). The maximum atomic E-state index is 12.5. The van der Waals surface area contributed by atoms with Gasteiger partial charge in [-0.1, -0.05) is 31.4 Å². The van der Waals surface area contributed by atoms with Crippen molar-refractivity contribution in [2.75, 3.05) is 11.9 Å². The molecule has 1 aliphatic rings. The van der Waals surface area contributed by atoms with Gasteiger partial charge >= 0.3 is 0 Å². The Balaban J connectivity index is 1.56. The van der Waals surface area contributed by atoms with Crippen LogP contribution in [0.15, 0.2) is 18.2 Å². The molecule has 3 rings (SSSR count). The number of fused-ring (bicyclic) bond motifs is 1. The quantitative estimate of drug-likeness (QED) is 0.496. The SMILES string of the molecule is CCCC1CCc2c(sc(NC(=O)CCCOc3ccc(Cl)cc3C)c2C(N)=O)C1. The van der Waals surface area contributed by atoms with Crippen molar-refractivity contribution in [3.05, 3.63) is 44.8 Å². The lowest BCUT2D eigenvalue weighted by atomic mass is 9.84. The minimum atomic E-state index is -0.460. The first-order chi connectivity index (χ1) is 14.4. The van der Waals surface area contributed by atoms with Gasteiger partial charge in [-0.25, -0.2) is 0 Å². The van der Waals surface area contributed by atoms with Crippen molar-refractivity contribution in [2.24, 2.45) is 11.7 Å². The molecule has 30 heavy (non-hydrogen) atoms. The van der Waals surface area contributed by atoms with Crippen LogP contribution in [0.3, 0.4) is 0 Å². The van der Waals surface area contributed by atoms with Crippen LogP contribution in [0.5, 0.6) is 5.75 Å². The number of primary amides is 1. The number of carbonyl (C=O) groups excluding carboxylic acids is 2. The highest BCUT2D eigenvalue weighted by atomic mass is 35.5. The number of nitrogens with two attached hydrogens (primary N) is 1. The molecule has 1 aromatic heterocycles. The van der Waals surface area contributed by atoms with Crippen LogP contribution in [-0.2, 0) is 17.6 Å². The van der Waals surface area contributed by atoms with Gasteiger partial charge in [0, 0.05) is 16.3 Å². The molecule has 2 aromatic rings. The van der Waals surface area contributed by atoms with E-state index >= 15 is 0 Å². The molecule has 0 saturated carbocycles. The third-order valence-electron chi connectivity index (χ3n) is 5.51. The van der Waals surface area contributed by atoms with Crippen molar-refractivity contribution >= 4 is 39.8 Å². The summed E-state index contributed by atoms with van der Waals surface area (Å²) in [6.07, 6.45) is 6.15. The van der Waals surface area contributed by atoms with Gasteiger partial charge in [0.15, 0.2) is 0 Å². The predicted molar refractivity (Wildman–Crippen MR) is 123 cm³/mol. The van der Waals surface area contributed by atoms with Gasteiger partial charge in [0.1, 0.15) is 10.8 Å². The molecule has 0 saturated heterocycles. The number of nitrogens with one attached hydrogen (secondary N) is 1.